The van der Waals surface area contributed by atoms with Gasteiger partial charge in [0.2, 0.25) is 11.7 Å². The second-order valence-corrected chi connectivity index (χ2v) is 7.38. The molecule has 0 spiro atoms. The summed E-state index contributed by atoms with van der Waals surface area (Å²) in [5.41, 5.74) is 1.44. The Morgan fingerprint density at radius 3 is 3.12 bits per heavy atom. The smallest absolute Gasteiger partial charge is 0.259 e. The standard InChI is InChI=1S/C17H19N5O2S/c1-11-19-12(10-25-11)8-15(23)21-6-3-2-4-14(21)13-9-16(24)22-7-5-18-17(22)20-13/h5,7,9-10,14H,2-4,6,8H2,1H3,(H,18,20)/t14-/m0/s1. The van der Waals surface area contributed by atoms with E-state index in [-0.39, 0.29) is 17.5 Å². The lowest BCUT2D eigenvalue weighted by Gasteiger charge is -2.35. The van der Waals surface area contributed by atoms with E-state index in [0.29, 0.717) is 18.7 Å². The molecule has 3 aromatic heterocycles. The first-order valence-corrected chi connectivity index (χ1v) is 9.26. The van der Waals surface area contributed by atoms with Crippen LogP contribution in [-0.2, 0) is 11.2 Å². The maximum Gasteiger partial charge on any atom is 0.259 e. The van der Waals surface area contributed by atoms with Crippen LogP contribution in [0.2, 0.25) is 0 Å². The molecule has 0 aromatic carbocycles. The number of carbonyl (C=O) groups is 1. The second kappa shape index (κ2) is 6.44. The van der Waals surface area contributed by atoms with E-state index in [9.17, 15) is 9.59 Å². The maximum absolute atomic E-state index is 12.8. The van der Waals surface area contributed by atoms with Gasteiger partial charge in [0, 0.05) is 36.1 Å². The first-order chi connectivity index (χ1) is 12.1. The highest BCUT2D eigenvalue weighted by atomic mass is 32.1. The molecule has 130 valence electrons. The highest BCUT2D eigenvalue weighted by Crippen LogP contribution is 2.30. The van der Waals surface area contributed by atoms with Gasteiger partial charge in [0.05, 0.1) is 23.2 Å². The average Bonchev–Trinajstić information content (AvgIpc) is 3.24. The van der Waals surface area contributed by atoms with Crippen molar-refractivity contribution in [2.75, 3.05) is 6.54 Å². The molecule has 0 unspecified atom stereocenters. The number of hydrogen-bond acceptors (Lipinski definition) is 5. The molecule has 0 bridgehead atoms. The van der Waals surface area contributed by atoms with Gasteiger partial charge in [0.15, 0.2) is 0 Å². The highest BCUT2D eigenvalue weighted by Gasteiger charge is 2.29. The number of aryl methyl sites for hydroxylation is 1. The molecule has 0 aliphatic carbocycles. The fourth-order valence-electron chi connectivity index (χ4n) is 3.42. The number of likely N-dealkylation sites (tertiary alicyclic amines) is 1. The van der Waals surface area contributed by atoms with E-state index in [1.54, 1.807) is 29.8 Å². The Kier molecular flexibility index (Phi) is 4.12. The minimum atomic E-state index is -0.130. The Bertz CT molecular complexity index is 973. The number of H-pyrrole nitrogens is 1. The quantitative estimate of drug-likeness (QED) is 0.778. The molecule has 4 heterocycles. The van der Waals surface area contributed by atoms with E-state index in [1.807, 2.05) is 17.2 Å². The third kappa shape index (κ3) is 3.09. The van der Waals surface area contributed by atoms with Gasteiger partial charge >= 0.3 is 0 Å². The van der Waals surface area contributed by atoms with Crippen molar-refractivity contribution in [1.82, 2.24) is 24.3 Å². The van der Waals surface area contributed by atoms with Crippen LogP contribution < -0.4 is 5.56 Å². The third-order valence-corrected chi connectivity index (χ3v) is 5.42. The van der Waals surface area contributed by atoms with Crippen LogP contribution in [0, 0.1) is 6.92 Å². The zero-order chi connectivity index (χ0) is 17.4. The van der Waals surface area contributed by atoms with Crippen LogP contribution in [0.15, 0.2) is 28.6 Å². The van der Waals surface area contributed by atoms with Crippen molar-refractivity contribution in [3.05, 3.63) is 50.6 Å². The van der Waals surface area contributed by atoms with Gasteiger partial charge in [-0.25, -0.2) is 9.97 Å². The summed E-state index contributed by atoms with van der Waals surface area (Å²) in [6.07, 6.45) is 6.38. The Morgan fingerprint density at radius 1 is 1.44 bits per heavy atom. The molecular formula is C17H19N5O2S. The summed E-state index contributed by atoms with van der Waals surface area (Å²) in [4.78, 5) is 38.8. The molecule has 0 radical (unpaired) electrons. The summed E-state index contributed by atoms with van der Waals surface area (Å²) >= 11 is 1.55. The molecule has 7 nitrogen and oxygen atoms in total. The fourth-order valence-corrected chi connectivity index (χ4v) is 4.03. The summed E-state index contributed by atoms with van der Waals surface area (Å²) in [7, 11) is 0. The number of hydrogen-bond donors (Lipinski definition) is 1. The van der Waals surface area contributed by atoms with E-state index in [2.05, 4.69) is 15.0 Å². The van der Waals surface area contributed by atoms with Gasteiger partial charge in [-0.2, -0.15) is 0 Å². The number of imidazole rings is 1. The zero-order valence-corrected chi connectivity index (χ0v) is 14.8. The number of nitrogens with one attached hydrogen (secondary N) is 1. The van der Waals surface area contributed by atoms with Gasteiger partial charge in [-0.3, -0.25) is 14.0 Å². The van der Waals surface area contributed by atoms with Gasteiger partial charge in [-0.15, -0.1) is 11.3 Å². The normalized spacial score (nSPS) is 18.0. The average molecular weight is 357 g/mol. The van der Waals surface area contributed by atoms with Crippen LogP contribution in [0.5, 0.6) is 0 Å². The van der Waals surface area contributed by atoms with Crippen molar-refractivity contribution >= 4 is 23.0 Å². The number of fused-ring (bicyclic) bond motifs is 1. The van der Waals surface area contributed by atoms with Crippen LogP contribution in [0.1, 0.15) is 41.7 Å². The Labute approximate surface area is 148 Å². The number of carbonyl (C=O) groups excluding carboxylic acids is 1. The topological polar surface area (TPSA) is 83.4 Å². The molecule has 1 amide bonds. The Morgan fingerprint density at radius 2 is 2.32 bits per heavy atom. The molecular weight excluding hydrogens is 338 g/mol. The predicted molar refractivity (Wildman–Crippen MR) is 94.7 cm³/mol. The van der Waals surface area contributed by atoms with Crippen molar-refractivity contribution in [2.45, 2.75) is 38.6 Å². The van der Waals surface area contributed by atoms with Gasteiger partial charge in [0.1, 0.15) is 0 Å². The lowest BCUT2D eigenvalue weighted by atomic mass is 9.98. The number of rotatable bonds is 3. The molecule has 25 heavy (non-hydrogen) atoms. The molecule has 1 aliphatic rings. The van der Waals surface area contributed by atoms with Crippen LogP contribution >= 0.6 is 11.3 Å². The molecule has 3 aromatic rings. The van der Waals surface area contributed by atoms with Crippen LogP contribution in [0.25, 0.3) is 5.78 Å². The number of aromatic nitrogens is 4. The van der Waals surface area contributed by atoms with Gasteiger partial charge in [-0.05, 0) is 26.2 Å². The van der Waals surface area contributed by atoms with E-state index in [0.717, 1.165) is 35.7 Å². The molecule has 1 saturated heterocycles. The summed E-state index contributed by atoms with van der Waals surface area (Å²) in [5.74, 6) is 0.565. The van der Waals surface area contributed by atoms with Gasteiger partial charge in [0.25, 0.3) is 5.56 Å². The molecule has 1 N–H and O–H groups in total. The second-order valence-electron chi connectivity index (χ2n) is 6.32. The third-order valence-electron chi connectivity index (χ3n) is 4.59. The van der Waals surface area contributed by atoms with Crippen molar-refractivity contribution in [2.24, 2.45) is 0 Å². The highest BCUT2D eigenvalue weighted by molar-refractivity contribution is 7.09. The van der Waals surface area contributed by atoms with E-state index in [4.69, 9.17) is 0 Å². The molecule has 4 rings (SSSR count). The van der Waals surface area contributed by atoms with E-state index in [1.165, 1.54) is 4.40 Å². The van der Waals surface area contributed by atoms with Crippen molar-refractivity contribution < 1.29 is 4.79 Å². The fraction of sp³-hybridized carbons (Fsp3) is 0.412. The monoisotopic (exact) mass is 357 g/mol. The van der Waals surface area contributed by atoms with Gasteiger partial charge in [-0.1, -0.05) is 0 Å². The summed E-state index contributed by atoms with van der Waals surface area (Å²) in [6.45, 7) is 2.64. The van der Waals surface area contributed by atoms with E-state index >= 15 is 0 Å². The minimum Gasteiger partial charge on any atom is -0.334 e. The molecule has 0 saturated carbocycles. The van der Waals surface area contributed by atoms with Crippen LogP contribution in [0.3, 0.4) is 0 Å². The van der Waals surface area contributed by atoms with Crippen LogP contribution in [0.4, 0.5) is 0 Å². The lowest BCUT2D eigenvalue weighted by Crippen LogP contribution is -2.40. The van der Waals surface area contributed by atoms with E-state index < -0.39 is 0 Å². The first-order valence-electron chi connectivity index (χ1n) is 8.38. The predicted octanol–water partition coefficient (Wildman–Crippen LogP) is 2.08. The summed E-state index contributed by atoms with van der Waals surface area (Å²) < 4.78 is 1.47. The zero-order valence-electron chi connectivity index (χ0n) is 13.9. The van der Waals surface area contributed by atoms with Crippen molar-refractivity contribution in [3.8, 4) is 0 Å². The first kappa shape index (κ1) is 16.0. The molecule has 1 fully saturated rings. The number of amides is 1. The van der Waals surface area contributed by atoms with Crippen molar-refractivity contribution in [1.29, 1.82) is 0 Å². The van der Waals surface area contributed by atoms with Crippen molar-refractivity contribution in [3.63, 3.8) is 0 Å². The SMILES string of the molecule is Cc1nc(CC(=O)N2CCCC[C@H]2c2cc(=O)n3ccnc3[nH]2)cs1. The Hall–Kier alpha value is -2.48. The minimum absolute atomic E-state index is 0.0547. The maximum atomic E-state index is 12.8. The molecule has 1 aliphatic heterocycles. The number of piperidine rings is 1. The molecule has 8 heteroatoms. The summed E-state index contributed by atoms with van der Waals surface area (Å²) in [5, 5.41) is 2.90. The van der Waals surface area contributed by atoms with Gasteiger partial charge < -0.3 is 9.88 Å². The summed E-state index contributed by atoms with van der Waals surface area (Å²) in [6, 6.07) is 1.47. The Balaban J connectivity index is 1.63. The largest absolute Gasteiger partial charge is 0.334 e. The lowest BCUT2D eigenvalue weighted by molar-refractivity contribution is -0.134. The number of aromatic amines is 1. The molecule has 1 atom stereocenters. The number of thiazole rings is 1. The number of nitrogens with zero attached hydrogens (tertiary/aromatic N) is 4. The van der Waals surface area contributed by atoms with Crippen LogP contribution in [-0.4, -0.2) is 36.7 Å².